The summed E-state index contributed by atoms with van der Waals surface area (Å²) in [6, 6.07) is 0. The molecule has 2 aliphatic rings. The van der Waals surface area contributed by atoms with Crippen LogP contribution < -0.4 is 27.2 Å². The normalized spacial score (nSPS) is 21.3. The fourth-order valence-electron chi connectivity index (χ4n) is 2.75. The van der Waals surface area contributed by atoms with Crippen molar-refractivity contribution in [2.45, 2.75) is 6.29 Å². The van der Waals surface area contributed by atoms with E-state index in [9.17, 15) is 9.59 Å². The van der Waals surface area contributed by atoms with Gasteiger partial charge in [0.1, 0.15) is 11.5 Å². The van der Waals surface area contributed by atoms with E-state index in [1.54, 1.807) is 7.05 Å². The zero-order valence-corrected chi connectivity index (χ0v) is 12.9. The second-order valence-electron chi connectivity index (χ2n) is 5.56. The number of ether oxygens (including phenoxy) is 1. The van der Waals surface area contributed by atoms with E-state index in [0.717, 1.165) is 44.0 Å². The molecule has 122 valence electrons. The number of aromatic nitrogens is 2. The Bertz CT molecular complexity index is 661. The van der Waals surface area contributed by atoms with Gasteiger partial charge in [-0.3, -0.25) is 24.1 Å². The van der Waals surface area contributed by atoms with Crippen molar-refractivity contribution in [3.8, 4) is 0 Å². The molecule has 0 amide bonds. The molecule has 3 N–H and O–H groups in total. The summed E-state index contributed by atoms with van der Waals surface area (Å²) in [5.41, 5.74) is -0.233. The Morgan fingerprint density at radius 2 is 1.91 bits per heavy atom. The lowest BCUT2D eigenvalue weighted by molar-refractivity contribution is 0.0383. The third-order valence-electron chi connectivity index (χ3n) is 4.11. The third-order valence-corrected chi connectivity index (χ3v) is 4.11. The largest absolute Gasteiger partial charge is 0.379 e. The van der Waals surface area contributed by atoms with Gasteiger partial charge in [0.05, 0.1) is 13.2 Å². The molecule has 9 nitrogen and oxygen atoms in total. The molecule has 0 saturated carbocycles. The van der Waals surface area contributed by atoms with Gasteiger partial charge < -0.3 is 15.4 Å². The first-order valence-electron chi connectivity index (χ1n) is 7.44. The Labute approximate surface area is 127 Å². The number of fused-ring (bicyclic) bond motifs is 1. The second-order valence-corrected chi connectivity index (χ2v) is 5.56. The van der Waals surface area contributed by atoms with Gasteiger partial charge in [0.15, 0.2) is 6.29 Å². The van der Waals surface area contributed by atoms with Crippen molar-refractivity contribution in [2.24, 2.45) is 14.1 Å². The molecule has 2 aliphatic heterocycles. The number of anilines is 2. The Balaban J connectivity index is 1.60. The molecular weight excluding hydrogens is 288 g/mol. The van der Waals surface area contributed by atoms with Crippen molar-refractivity contribution in [2.75, 3.05) is 50.0 Å². The molecule has 0 radical (unpaired) electrons. The van der Waals surface area contributed by atoms with Gasteiger partial charge in [-0.05, 0) is 0 Å². The summed E-state index contributed by atoms with van der Waals surface area (Å²) in [5, 5.41) is 9.53. The van der Waals surface area contributed by atoms with Crippen LogP contribution in [0.15, 0.2) is 9.59 Å². The predicted molar refractivity (Wildman–Crippen MR) is 83.2 cm³/mol. The quantitative estimate of drug-likeness (QED) is 0.600. The highest BCUT2D eigenvalue weighted by Gasteiger charge is 2.26. The zero-order chi connectivity index (χ0) is 15.7. The summed E-state index contributed by atoms with van der Waals surface area (Å²) in [6.45, 7) is 5.14. The summed E-state index contributed by atoms with van der Waals surface area (Å²) in [7, 11) is 3.12. The lowest BCUT2D eigenvalue weighted by Gasteiger charge is -2.27. The maximum atomic E-state index is 12.1. The topological polar surface area (TPSA) is 92.6 Å². The van der Waals surface area contributed by atoms with Gasteiger partial charge >= 0.3 is 5.69 Å². The molecule has 22 heavy (non-hydrogen) atoms. The van der Waals surface area contributed by atoms with Gasteiger partial charge in [0.2, 0.25) is 0 Å². The van der Waals surface area contributed by atoms with Gasteiger partial charge in [-0.2, -0.15) is 0 Å². The molecule has 1 aromatic heterocycles. The summed E-state index contributed by atoms with van der Waals surface area (Å²) in [4.78, 5) is 26.3. The summed E-state index contributed by atoms with van der Waals surface area (Å²) in [5.74, 6) is 0.525. The highest BCUT2D eigenvalue weighted by atomic mass is 16.5. The number of rotatable bonds is 4. The Morgan fingerprint density at radius 1 is 1.18 bits per heavy atom. The minimum absolute atomic E-state index is 0.253. The Kier molecular flexibility index (Phi) is 4.19. The van der Waals surface area contributed by atoms with Gasteiger partial charge in [-0.1, -0.05) is 0 Å². The van der Waals surface area contributed by atoms with E-state index < -0.39 is 0 Å². The first-order valence-corrected chi connectivity index (χ1v) is 7.44. The van der Waals surface area contributed by atoms with Crippen LogP contribution in [-0.4, -0.2) is 59.7 Å². The maximum absolute atomic E-state index is 12.1. The van der Waals surface area contributed by atoms with Gasteiger partial charge in [-0.25, -0.2) is 4.79 Å². The van der Waals surface area contributed by atoms with Crippen molar-refractivity contribution in [1.29, 1.82) is 0 Å². The average Bonchev–Trinajstić information content (AvgIpc) is 2.96. The average molecular weight is 310 g/mol. The first-order chi connectivity index (χ1) is 10.6. The van der Waals surface area contributed by atoms with Gasteiger partial charge in [0, 0.05) is 40.3 Å². The van der Waals surface area contributed by atoms with E-state index in [4.69, 9.17) is 4.74 Å². The highest BCUT2D eigenvalue weighted by Crippen LogP contribution is 2.21. The summed E-state index contributed by atoms with van der Waals surface area (Å²) < 4.78 is 7.85. The number of morpholine rings is 1. The molecule has 1 unspecified atom stereocenters. The number of nitrogens with zero attached hydrogens (tertiary/aromatic N) is 3. The fraction of sp³-hybridized carbons (Fsp3) is 0.692. The van der Waals surface area contributed by atoms with Crippen LogP contribution in [0.2, 0.25) is 0 Å². The van der Waals surface area contributed by atoms with Crippen LogP contribution >= 0.6 is 0 Å². The van der Waals surface area contributed by atoms with E-state index in [1.165, 1.54) is 11.6 Å². The molecule has 1 saturated heterocycles. The minimum Gasteiger partial charge on any atom is -0.379 e. The number of nitrogens with one attached hydrogen (secondary N) is 3. The molecule has 0 aliphatic carbocycles. The predicted octanol–water partition coefficient (Wildman–Crippen LogP) is -1.87. The maximum Gasteiger partial charge on any atom is 0.332 e. The second kappa shape index (κ2) is 6.11. The molecule has 3 rings (SSSR count). The van der Waals surface area contributed by atoms with Crippen LogP contribution in [0.25, 0.3) is 0 Å². The van der Waals surface area contributed by atoms with Crippen LogP contribution in [0.4, 0.5) is 11.5 Å². The zero-order valence-electron chi connectivity index (χ0n) is 12.9. The van der Waals surface area contributed by atoms with Crippen molar-refractivity contribution in [3.63, 3.8) is 0 Å². The van der Waals surface area contributed by atoms with Gasteiger partial charge in [0.25, 0.3) is 5.56 Å². The molecule has 9 heteroatoms. The van der Waals surface area contributed by atoms with E-state index in [2.05, 4.69) is 20.9 Å². The molecule has 3 heterocycles. The van der Waals surface area contributed by atoms with Crippen LogP contribution in [0.3, 0.4) is 0 Å². The van der Waals surface area contributed by atoms with E-state index in [0.29, 0.717) is 11.5 Å². The highest BCUT2D eigenvalue weighted by molar-refractivity contribution is 5.69. The van der Waals surface area contributed by atoms with E-state index >= 15 is 0 Å². The third kappa shape index (κ3) is 2.74. The van der Waals surface area contributed by atoms with Crippen molar-refractivity contribution in [3.05, 3.63) is 20.8 Å². The number of hydrogen-bond donors (Lipinski definition) is 3. The monoisotopic (exact) mass is 310 g/mol. The Hall–Kier alpha value is -1.84. The van der Waals surface area contributed by atoms with Crippen LogP contribution in [0.1, 0.15) is 0 Å². The van der Waals surface area contributed by atoms with Crippen LogP contribution in [0, 0.1) is 0 Å². The smallest absolute Gasteiger partial charge is 0.332 e. The lowest BCUT2D eigenvalue weighted by atomic mass is 10.4. The van der Waals surface area contributed by atoms with Gasteiger partial charge in [-0.15, -0.1) is 0 Å². The van der Waals surface area contributed by atoms with Crippen molar-refractivity contribution in [1.82, 2.24) is 19.4 Å². The molecule has 0 aromatic carbocycles. The van der Waals surface area contributed by atoms with E-state index in [1.807, 2.05) is 0 Å². The standard InChI is InChI=1S/C13H22N6O3/c1-17-10-9(11(20)18(2)13(17)21)15-12(16-10)14-3-4-19-5-7-22-8-6-19/h12,14-16H,3-8H2,1-2H3. The molecule has 1 atom stereocenters. The molecule has 1 fully saturated rings. The van der Waals surface area contributed by atoms with Crippen LogP contribution in [0.5, 0.6) is 0 Å². The Morgan fingerprint density at radius 3 is 2.64 bits per heavy atom. The van der Waals surface area contributed by atoms with Crippen molar-refractivity contribution >= 4 is 11.5 Å². The summed E-state index contributed by atoms with van der Waals surface area (Å²) in [6.07, 6.45) is -0.253. The lowest BCUT2D eigenvalue weighted by Crippen LogP contribution is -2.45. The SMILES string of the molecule is Cn1c2c(c(=O)n(C)c1=O)NC(NCCN1CCOCC1)N2. The molecule has 1 aromatic rings. The van der Waals surface area contributed by atoms with Crippen LogP contribution in [-0.2, 0) is 18.8 Å². The molecular formula is C13H22N6O3. The summed E-state index contributed by atoms with van der Waals surface area (Å²) >= 11 is 0. The number of hydrogen-bond acceptors (Lipinski definition) is 7. The first kappa shape index (κ1) is 15.1. The van der Waals surface area contributed by atoms with Crippen molar-refractivity contribution < 1.29 is 4.74 Å². The molecule has 0 spiro atoms. The fourth-order valence-corrected chi connectivity index (χ4v) is 2.75. The minimum atomic E-state index is -0.341. The molecule has 0 bridgehead atoms. The van der Waals surface area contributed by atoms with E-state index in [-0.39, 0.29) is 17.5 Å².